The number of pyridine rings is 1. The van der Waals surface area contributed by atoms with E-state index in [1.807, 2.05) is 0 Å². The Morgan fingerprint density at radius 3 is 2.64 bits per heavy atom. The Balaban J connectivity index is 1.57. The molecule has 0 saturated carbocycles. The quantitative estimate of drug-likeness (QED) is 0.847. The predicted octanol–water partition coefficient (Wildman–Crippen LogP) is 2.39. The lowest BCUT2D eigenvalue weighted by molar-refractivity contribution is 0.0546. The first kappa shape index (κ1) is 15.4. The van der Waals surface area contributed by atoms with E-state index in [2.05, 4.69) is 53.1 Å². The van der Waals surface area contributed by atoms with Gasteiger partial charge in [-0.3, -0.25) is 14.8 Å². The maximum absolute atomic E-state index is 5.25. The van der Waals surface area contributed by atoms with Crippen LogP contribution >= 0.6 is 0 Å². The van der Waals surface area contributed by atoms with Crippen LogP contribution in [0.5, 0.6) is 0 Å². The third-order valence-electron chi connectivity index (χ3n) is 4.48. The number of nitrogens with zero attached hydrogens (tertiary/aromatic N) is 3. The SMILES string of the molecule is COC[C@@H](C)N1CCN(Cc2ccc3ccccc3n2)CC1. The highest BCUT2D eigenvalue weighted by atomic mass is 16.5. The van der Waals surface area contributed by atoms with E-state index in [4.69, 9.17) is 9.72 Å². The third kappa shape index (κ3) is 3.64. The van der Waals surface area contributed by atoms with E-state index in [-0.39, 0.29) is 0 Å². The number of fused-ring (bicyclic) bond motifs is 1. The maximum atomic E-state index is 5.25. The first-order valence-electron chi connectivity index (χ1n) is 8.06. The number of hydrogen-bond acceptors (Lipinski definition) is 4. The Bertz CT molecular complexity index is 608. The Labute approximate surface area is 132 Å². The number of piperazine rings is 1. The molecule has 1 aromatic heterocycles. The molecule has 0 bridgehead atoms. The molecular formula is C18H25N3O. The average Bonchev–Trinajstić information content (AvgIpc) is 2.56. The summed E-state index contributed by atoms with van der Waals surface area (Å²) in [6.07, 6.45) is 0. The molecule has 1 aromatic carbocycles. The van der Waals surface area contributed by atoms with Gasteiger partial charge in [0.1, 0.15) is 0 Å². The van der Waals surface area contributed by atoms with Crippen LogP contribution in [0.1, 0.15) is 12.6 Å². The lowest BCUT2D eigenvalue weighted by atomic mass is 10.2. The van der Waals surface area contributed by atoms with Crippen molar-refractivity contribution in [3.05, 3.63) is 42.1 Å². The molecule has 4 nitrogen and oxygen atoms in total. The van der Waals surface area contributed by atoms with Crippen molar-refractivity contribution in [3.8, 4) is 0 Å². The van der Waals surface area contributed by atoms with Crippen LogP contribution in [0.4, 0.5) is 0 Å². The number of methoxy groups -OCH3 is 1. The monoisotopic (exact) mass is 299 g/mol. The van der Waals surface area contributed by atoms with Gasteiger partial charge in [-0.25, -0.2) is 0 Å². The largest absolute Gasteiger partial charge is 0.383 e. The molecule has 3 rings (SSSR count). The molecule has 0 aliphatic carbocycles. The minimum atomic E-state index is 0.506. The molecule has 118 valence electrons. The van der Waals surface area contributed by atoms with Gasteiger partial charge in [0.05, 0.1) is 17.8 Å². The number of ether oxygens (including phenoxy) is 1. The van der Waals surface area contributed by atoms with Gasteiger partial charge in [-0.1, -0.05) is 24.3 Å². The van der Waals surface area contributed by atoms with E-state index in [1.165, 1.54) is 5.39 Å². The second-order valence-corrected chi connectivity index (χ2v) is 6.11. The van der Waals surface area contributed by atoms with Crippen molar-refractivity contribution in [1.29, 1.82) is 0 Å². The van der Waals surface area contributed by atoms with Crippen LogP contribution < -0.4 is 0 Å². The molecular weight excluding hydrogens is 274 g/mol. The summed E-state index contributed by atoms with van der Waals surface area (Å²) in [7, 11) is 1.78. The zero-order valence-electron chi connectivity index (χ0n) is 13.5. The number of benzene rings is 1. The van der Waals surface area contributed by atoms with E-state index in [0.29, 0.717) is 6.04 Å². The van der Waals surface area contributed by atoms with Crippen molar-refractivity contribution < 1.29 is 4.74 Å². The molecule has 1 fully saturated rings. The molecule has 1 aliphatic heterocycles. The summed E-state index contributed by atoms with van der Waals surface area (Å²) < 4.78 is 5.25. The minimum absolute atomic E-state index is 0.506. The van der Waals surface area contributed by atoms with Crippen LogP contribution in [0.25, 0.3) is 10.9 Å². The Morgan fingerprint density at radius 2 is 1.86 bits per heavy atom. The topological polar surface area (TPSA) is 28.6 Å². The molecule has 2 aromatic rings. The summed E-state index contributed by atoms with van der Waals surface area (Å²) in [5, 5.41) is 1.21. The molecule has 0 unspecified atom stereocenters. The lowest BCUT2D eigenvalue weighted by Gasteiger charge is -2.37. The minimum Gasteiger partial charge on any atom is -0.383 e. The fourth-order valence-corrected chi connectivity index (χ4v) is 3.13. The maximum Gasteiger partial charge on any atom is 0.0705 e. The van der Waals surface area contributed by atoms with E-state index < -0.39 is 0 Å². The number of hydrogen-bond donors (Lipinski definition) is 0. The van der Waals surface area contributed by atoms with Gasteiger partial charge in [0.15, 0.2) is 0 Å². The molecule has 0 radical (unpaired) electrons. The van der Waals surface area contributed by atoms with Crippen molar-refractivity contribution >= 4 is 10.9 Å². The Morgan fingerprint density at radius 1 is 1.09 bits per heavy atom. The highest BCUT2D eigenvalue weighted by Crippen LogP contribution is 2.14. The van der Waals surface area contributed by atoms with Crippen molar-refractivity contribution in [2.45, 2.75) is 19.5 Å². The van der Waals surface area contributed by atoms with Gasteiger partial charge in [0.25, 0.3) is 0 Å². The van der Waals surface area contributed by atoms with Gasteiger partial charge >= 0.3 is 0 Å². The molecule has 0 amide bonds. The molecule has 1 atom stereocenters. The number of para-hydroxylation sites is 1. The van der Waals surface area contributed by atoms with Crippen molar-refractivity contribution in [2.75, 3.05) is 39.9 Å². The standard InChI is InChI=1S/C18H25N3O/c1-15(14-22-2)21-11-9-20(10-12-21)13-17-8-7-16-5-3-4-6-18(16)19-17/h3-8,15H,9-14H2,1-2H3/t15-/m1/s1. The normalized spacial score (nSPS) is 18.6. The van der Waals surface area contributed by atoms with Crippen LogP contribution in [0, 0.1) is 0 Å². The van der Waals surface area contributed by atoms with Gasteiger partial charge in [-0.15, -0.1) is 0 Å². The Kier molecular flexibility index (Phi) is 5.03. The smallest absolute Gasteiger partial charge is 0.0705 e. The van der Waals surface area contributed by atoms with E-state index in [9.17, 15) is 0 Å². The molecule has 22 heavy (non-hydrogen) atoms. The number of rotatable bonds is 5. The molecule has 1 aliphatic rings. The van der Waals surface area contributed by atoms with Gasteiger partial charge in [-0.2, -0.15) is 0 Å². The van der Waals surface area contributed by atoms with Gasteiger partial charge in [-0.05, 0) is 19.1 Å². The van der Waals surface area contributed by atoms with Crippen molar-refractivity contribution in [1.82, 2.24) is 14.8 Å². The highest BCUT2D eigenvalue weighted by Gasteiger charge is 2.21. The van der Waals surface area contributed by atoms with Crippen molar-refractivity contribution in [2.24, 2.45) is 0 Å². The van der Waals surface area contributed by atoms with Gasteiger partial charge < -0.3 is 4.74 Å². The van der Waals surface area contributed by atoms with Crippen LogP contribution in [-0.2, 0) is 11.3 Å². The lowest BCUT2D eigenvalue weighted by Crippen LogP contribution is -2.50. The molecule has 4 heteroatoms. The Hall–Kier alpha value is -1.49. The fraction of sp³-hybridized carbons (Fsp3) is 0.500. The van der Waals surface area contributed by atoms with E-state index in [0.717, 1.165) is 50.5 Å². The zero-order valence-corrected chi connectivity index (χ0v) is 13.5. The van der Waals surface area contributed by atoms with Crippen LogP contribution in [-0.4, -0.2) is 60.7 Å². The first-order chi connectivity index (χ1) is 10.8. The average molecular weight is 299 g/mol. The summed E-state index contributed by atoms with van der Waals surface area (Å²) >= 11 is 0. The van der Waals surface area contributed by atoms with E-state index in [1.54, 1.807) is 7.11 Å². The predicted molar refractivity (Wildman–Crippen MR) is 89.9 cm³/mol. The van der Waals surface area contributed by atoms with Crippen molar-refractivity contribution in [3.63, 3.8) is 0 Å². The van der Waals surface area contributed by atoms with Crippen LogP contribution in [0.15, 0.2) is 36.4 Å². The zero-order chi connectivity index (χ0) is 15.4. The molecule has 0 spiro atoms. The summed E-state index contributed by atoms with van der Waals surface area (Å²) in [5.74, 6) is 0. The molecule has 1 saturated heterocycles. The summed E-state index contributed by atoms with van der Waals surface area (Å²) in [5.41, 5.74) is 2.25. The van der Waals surface area contributed by atoms with Crippen LogP contribution in [0.2, 0.25) is 0 Å². The third-order valence-corrected chi connectivity index (χ3v) is 4.48. The first-order valence-corrected chi connectivity index (χ1v) is 8.06. The second kappa shape index (κ2) is 7.18. The summed E-state index contributed by atoms with van der Waals surface area (Å²) in [4.78, 5) is 9.78. The van der Waals surface area contributed by atoms with Gasteiger partial charge in [0.2, 0.25) is 0 Å². The molecule has 2 heterocycles. The molecule has 0 N–H and O–H groups in total. The second-order valence-electron chi connectivity index (χ2n) is 6.11. The number of aromatic nitrogens is 1. The van der Waals surface area contributed by atoms with Crippen LogP contribution in [0.3, 0.4) is 0 Å². The summed E-state index contributed by atoms with van der Waals surface area (Å²) in [6, 6.07) is 13.1. The summed E-state index contributed by atoms with van der Waals surface area (Å²) in [6.45, 7) is 8.41. The highest BCUT2D eigenvalue weighted by molar-refractivity contribution is 5.78. The van der Waals surface area contributed by atoms with Gasteiger partial charge in [0, 0.05) is 51.3 Å². The van der Waals surface area contributed by atoms with E-state index >= 15 is 0 Å². The fourth-order valence-electron chi connectivity index (χ4n) is 3.13.